The molecule has 0 saturated carbocycles. The zero-order valence-corrected chi connectivity index (χ0v) is 11.3. The van der Waals surface area contributed by atoms with Crippen molar-refractivity contribution in [2.75, 3.05) is 0 Å². The van der Waals surface area contributed by atoms with E-state index in [9.17, 15) is 14.3 Å². The van der Waals surface area contributed by atoms with Crippen LogP contribution in [-0.4, -0.2) is 15.1 Å². The second-order valence-electron chi connectivity index (χ2n) is 3.18. The molecule has 0 aliphatic heterocycles. The Hall–Kier alpha value is -1.21. The van der Waals surface area contributed by atoms with Gasteiger partial charge in [-0.15, -0.1) is 0 Å². The van der Waals surface area contributed by atoms with Gasteiger partial charge < -0.3 is 10.1 Å². The third-order valence-electron chi connectivity index (χ3n) is 2.04. The Labute approximate surface area is 112 Å². The molecule has 0 saturated heterocycles. The number of hydrogen-bond acceptors (Lipinski definition) is 3. The van der Waals surface area contributed by atoms with Gasteiger partial charge in [-0.25, -0.2) is 4.39 Å². The maximum Gasteiger partial charge on any atom is 0.269 e. The summed E-state index contributed by atoms with van der Waals surface area (Å²) in [5.41, 5.74) is -0.165. The van der Waals surface area contributed by atoms with E-state index >= 15 is 0 Å². The first-order valence-corrected chi connectivity index (χ1v) is 6.02. The van der Waals surface area contributed by atoms with Crippen LogP contribution in [0.5, 0.6) is 5.88 Å². The van der Waals surface area contributed by atoms with Crippen molar-refractivity contribution in [2.24, 2.45) is 0 Å². The van der Waals surface area contributed by atoms with Gasteiger partial charge in [0.2, 0.25) is 5.88 Å². The topological polar surface area (TPSA) is 66.0 Å². The van der Waals surface area contributed by atoms with Crippen LogP contribution in [0.1, 0.15) is 0 Å². The zero-order valence-electron chi connectivity index (χ0n) is 8.17. The van der Waals surface area contributed by atoms with Gasteiger partial charge in [-0.2, -0.15) is 4.98 Å². The zero-order chi connectivity index (χ0) is 12.6. The monoisotopic (exact) mass is 362 g/mol. The normalized spacial score (nSPS) is 10.5. The lowest BCUT2D eigenvalue weighted by atomic mass is 10.2. The van der Waals surface area contributed by atoms with Crippen molar-refractivity contribution in [1.29, 1.82) is 0 Å². The number of rotatable bonds is 1. The highest BCUT2D eigenvalue weighted by Crippen LogP contribution is 2.24. The van der Waals surface area contributed by atoms with E-state index < -0.39 is 17.3 Å². The molecule has 17 heavy (non-hydrogen) atoms. The molecule has 2 N–H and O–H groups in total. The van der Waals surface area contributed by atoms with Gasteiger partial charge in [-0.05, 0) is 50.1 Å². The molecular weight excluding hydrogens is 359 g/mol. The van der Waals surface area contributed by atoms with Gasteiger partial charge in [0.1, 0.15) is 16.1 Å². The standard InChI is InChI=1S/C10H5Br2FN2O2/c11-5-2-1-4(3-6(5)13)8-14-9(16)7(12)10(17)15-8/h1-3H,(H2,14,15,16,17). The Morgan fingerprint density at radius 1 is 1.35 bits per heavy atom. The smallest absolute Gasteiger partial charge is 0.269 e. The number of benzene rings is 1. The van der Waals surface area contributed by atoms with Gasteiger partial charge in [0.05, 0.1) is 4.47 Å². The fraction of sp³-hybridized carbons (Fsp3) is 0. The van der Waals surface area contributed by atoms with Gasteiger partial charge in [-0.1, -0.05) is 0 Å². The van der Waals surface area contributed by atoms with Gasteiger partial charge in [0.25, 0.3) is 5.56 Å². The summed E-state index contributed by atoms with van der Waals surface area (Å²) in [6.45, 7) is 0. The second-order valence-corrected chi connectivity index (χ2v) is 4.83. The first-order chi connectivity index (χ1) is 7.99. The largest absolute Gasteiger partial charge is 0.492 e. The van der Waals surface area contributed by atoms with Crippen molar-refractivity contribution >= 4 is 31.9 Å². The average molecular weight is 364 g/mol. The molecule has 1 aromatic carbocycles. The molecule has 7 heteroatoms. The molecule has 0 unspecified atom stereocenters. The highest BCUT2D eigenvalue weighted by molar-refractivity contribution is 9.10. The van der Waals surface area contributed by atoms with Crippen LogP contribution in [0.2, 0.25) is 0 Å². The fourth-order valence-electron chi connectivity index (χ4n) is 1.23. The minimum absolute atomic E-state index is 0.0566. The minimum atomic E-state index is -0.532. The number of aromatic nitrogens is 2. The minimum Gasteiger partial charge on any atom is -0.492 e. The van der Waals surface area contributed by atoms with E-state index in [2.05, 4.69) is 41.8 Å². The average Bonchev–Trinajstić information content (AvgIpc) is 2.29. The van der Waals surface area contributed by atoms with E-state index in [1.165, 1.54) is 12.1 Å². The van der Waals surface area contributed by atoms with Gasteiger partial charge >= 0.3 is 0 Å². The molecule has 0 spiro atoms. The summed E-state index contributed by atoms with van der Waals surface area (Å²) in [5.74, 6) is -0.818. The van der Waals surface area contributed by atoms with E-state index in [0.29, 0.717) is 10.0 Å². The van der Waals surface area contributed by atoms with Crippen LogP contribution in [0.15, 0.2) is 31.9 Å². The molecule has 2 rings (SSSR count). The van der Waals surface area contributed by atoms with Crippen molar-refractivity contribution in [3.63, 3.8) is 0 Å². The third kappa shape index (κ3) is 2.39. The van der Waals surface area contributed by atoms with Crippen LogP contribution in [0, 0.1) is 5.82 Å². The number of aromatic amines is 1. The number of nitrogens with one attached hydrogen (secondary N) is 1. The number of aromatic hydroxyl groups is 1. The summed E-state index contributed by atoms with van der Waals surface area (Å²) in [5, 5.41) is 9.39. The van der Waals surface area contributed by atoms with Crippen LogP contribution >= 0.6 is 31.9 Å². The first-order valence-electron chi connectivity index (χ1n) is 4.43. The van der Waals surface area contributed by atoms with E-state index in [-0.39, 0.29) is 10.3 Å². The lowest BCUT2D eigenvalue weighted by molar-refractivity contribution is 0.448. The summed E-state index contributed by atoms with van der Waals surface area (Å²) in [6.07, 6.45) is 0. The third-order valence-corrected chi connectivity index (χ3v) is 3.40. The number of H-pyrrole nitrogens is 1. The van der Waals surface area contributed by atoms with Crippen LogP contribution in [-0.2, 0) is 0 Å². The van der Waals surface area contributed by atoms with Gasteiger partial charge in [0.15, 0.2) is 0 Å². The lowest BCUT2D eigenvalue weighted by Crippen LogP contribution is -2.09. The predicted octanol–water partition coefficient (Wildman–Crippen LogP) is 2.81. The Morgan fingerprint density at radius 2 is 2.06 bits per heavy atom. The number of nitrogens with zero attached hydrogens (tertiary/aromatic N) is 1. The Kier molecular flexibility index (Phi) is 3.30. The van der Waals surface area contributed by atoms with Gasteiger partial charge in [0, 0.05) is 5.56 Å². The van der Waals surface area contributed by atoms with Crippen LogP contribution < -0.4 is 5.56 Å². The molecule has 0 amide bonds. The van der Waals surface area contributed by atoms with E-state index in [0.717, 1.165) is 0 Å². The van der Waals surface area contributed by atoms with Crippen LogP contribution in [0.4, 0.5) is 4.39 Å². The molecule has 0 atom stereocenters. The highest BCUT2D eigenvalue weighted by Gasteiger charge is 2.10. The van der Waals surface area contributed by atoms with Crippen LogP contribution in [0.25, 0.3) is 11.4 Å². The highest BCUT2D eigenvalue weighted by atomic mass is 79.9. The molecule has 2 aromatic rings. The second kappa shape index (κ2) is 4.58. The molecule has 0 aliphatic rings. The molecule has 0 bridgehead atoms. The van der Waals surface area contributed by atoms with Crippen molar-refractivity contribution in [3.8, 4) is 17.3 Å². The molecule has 88 valence electrons. The molecule has 0 fully saturated rings. The summed E-state index contributed by atoms with van der Waals surface area (Å²) in [6, 6.07) is 4.26. The van der Waals surface area contributed by atoms with Crippen molar-refractivity contribution < 1.29 is 9.50 Å². The number of hydrogen-bond donors (Lipinski definition) is 2. The molecule has 1 heterocycles. The van der Waals surface area contributed by atoms with E-state index in [1.807, 2.05) is 0 Å². The maximum absolute atomic E-state index is 13.3. The summed E-state index contributed by atoms with van der Waals surface area (Å²) < 4.78 is 13.6. The van der Waals surface area contributed by atoms with Crippen molar-refractivity contribution in [3.05, 3.63) is 43.3 Å². The number of halogens is 3. The summed E-state index contributed by atoms with van der Waals surface area (Å²) >= 11 is 5.89. The molecular formula is C10H5Br2FN2O2. The quantitative estimate of drug-likeness (QED) is 0.818. The predicted molar refractivity (Wildman–Crippen MR) is 67.3 cm³/mol. The Bertz CT molecular complexity index is 643. The molecule has 1 aromatic heterocycles. The van der Waals surface area contributed by atoms with E-state index in [4.69, 9.17) is 0 Å². The molecule has 4 nitrogen and oxygen atoms in total. The maximum atomic E-state index is 13.3. The fourth-order valence-corrected chi connectivity index (χ4v) is 1.66. The summed E-state index contributed by atoms with van der Waals surface area (Å²) in [4.78, 5) is 17.5. The van der Waals surface area contributed by atoms with Crippen LogP contribution in [0.3, 0.4) is 0 Å². The summed E-state index contributed by atoms with van der Waals surface area (Å²) in [7, 11) is 0. The van der Waals surface area contributed by atoms with E-state index in [1.54, 1.807) is 6.07 Å². The first kappa shape index (κ1) is 12.3. The Balaban J connectivity index is 2.61. The van der Waals surface area contributed by atoms with Crippen molar-refractivity contribution in [1.82, 2.24) is 9.97 Å². The SMILES string of the molecule is O=c1[nH]c(-c2ccc(Br)c(F)c2)nc(O)c1Br. The molecule has 0 radical (unpaired) electrons. The van der Waals surface area contributed by atoms with Gasteiger partial charge in [-0.3, -0.25) is 4.79 Å². The lowest BCUT2D eigenvalue weighted by Gasteiger charge is -2.03. The van der Waals surface area contributed by atoms with Crippen molar-refractivity contribution in [2.45, 2.75) is 0 Å². The molecule has 0 aliphatic carbocycles. The Morgan fingerprint density at radius 3 is 2.65 bits per heavy atom.